The van der Waals surface area contributed by atoms with Crippen LogP contribution < -0.4 is 16.4 Å². The van der Waals surface area contributed by atoms with E-state index in [-0.39, 0.29) is 53.9 Å². The van der Waals surface area contributed by atoms with Crippen molar-refractivity contribution in [1.82, 2.24) is 5.32 Å². The number of Topliss-reactive ketones (excluding diaryl/α,β-unsaturated/α-hetero) is 1. The van der Waals surface area contributed by atoms with Crippen molar-refractivity contribution in [2.24, 2.45) is 45.2 Å². The molecule has 2 fully saturated rings. The molecule has 1 aromatic carbocycles. The molecule has 10 atom stereocenters. The SMILES string of the molecule is CC#Cc1ccc(-c2ccc(C(=O)C3CCC45C=CC6C(CC#Cc7c(cc(O)c8c7NC(C(C)O)C=C8)CC4NC(N)=NC)C(C(O)CO)CC36C5)s2)s1. The number of benzene rings is 1. The van der Waals surface area contributed by atoms with Crippen molar-refractivity contribution in [3.05, 3.63) is 75.0 Å². The fraction of sp³-hybridized carbons (Fsp3) is 0.455. The number of guanidine groups is 1. The van der Waals surface area contributed by atoms with E-state index in [0.29, 0.717) is 55.7 Å². The number of ketones is 1. The molecule has 2 aromatic heterocycles. The number of carbonyl (C=O) groups excluding carboxylic acids is 1. The molecule has 10 unspecified atom stereocenters. The second-order valence-corrected chi connectivity index (χ2v) is 18.1. The minimum absolute atomic E-state index is 0.0478. The van der Waals surface area contributed by atoms with E-state index < -0.39 is 23.0 Å². The molecule has 8 rings (SSSR count). The second-order valence-electron chi connectivity index (χ2n) is 16.0. The van der Waals surface area contributed by atoms with Gasteiger partial charge in [0.2, 0.25) is 0 Å². The lowest BCUT2D eigenvalue weighted by molar-refractivity contribution is -0.0205. The van der Waals surface area contributed by atoms with Crippen molar-refractivity contribution in [3.63, 3.8) is 0 Å². The molecule has 3 heterocycles. The topological polar surface area (TPSA) is 160 Å². The fourth-order valence-electron chi connectivity index (χ4n) is 10.5. The molecule has 0 radical (unpaired) electrons. The van der Waals surface area contributed by atoms with E-state index in [1.54, 1.807) is 31.4 Å². The van der Waals surface area contributed by atoms with Crippen LogP contribution in [-0.4, -0.2) is 70.1 Å². The van der Waals surface area contributed by atoms with Gasteiger partial charge in [0.1, 0.15) is 5.75 Å². The average molecular weight is 777 g/mol. The number of anilines is 1. The number of aliphatic hydroxyl groups excluding tert-OH is 3. The summed E-state index contributed by atoms with van der Waals surface area (Å²) < 4.78 is 0. The van der Waals surface area contributed by atoms with Gasteiger partial charge in [-0.3, -0.25) is 9.79 Å². The van der Waals surface area contributed by atoms with Crippen molar-refractivity contribution >= 4 is 46.2 Å². The first-order valence-corrected chi connectivity index (χ1v) is 20.8. The molecule has 8 N–H and O–H groups in total. The van der Waals surface area contributed by atoms with Crippen LogP contribution in [0.25, 0.3) is 15.8 Å². The van der Waals surface area contributed by atoms with E-state index in [4.69, 9.17) is 5.73 Å². The molecular weight excluding hydrogens is 729 g/mol. The maximum absolute atomic E-state index is 15.0. The number of aliphatic hydroxyl groups is 3. The third-order valence-electron chi connectivity index (χ3n) is 13.1. The highest BCUT2D eigenvalue weighted by molar-refractivity contribution is 7.23. The maximum atomic E-state index is 15.0. The summed E-state index contributed by atoms with van der Waals surface area (Å²) in [6, 6.07) is 9.25. The Morgan fingerprint density at radius 2 is 2.00 bits per heavy atom. The molecule has 55 heavy (non-hydrogen) atoms. The fourth-order valence-corrected chi connectivity index (χ4v) is 12.5. The zero-order chi connectivity index (χ0) is 38.6. The highest BCUT2D eigenvalue weighted by Crippen LogP contribution is 2.69. The van der Waals surface area contributed by atoms with Gasteiger partial charge in [0.05, 0.1) is 45.9 Å². The quantitative estimate of drug-likeness (QED) is 0.0524. The van der Waals surface area contributed by atoms with E-state index in [1.807, 2.05) is 37.3 Å². The molecule has 0 saturated heterocycles. The third kappa shape index (κ3) is 6.40. The number of nitrogens with one attached hydrogen (secondary N) is 2. The molecule has 3 aromatic rings. The Hall–Kier alpha value is -4.36. The molecule has 2 spiro atoms. The van der Waals surface area contributed by atoms with Crippen LogP contribution >= 0.6 is 22.7 Å². The van der Waals surface area contributed by atoms with Crippen LogP contribution in [0.5, 0.6) is 5.75 Å². The van der Waals surface area contributed by atoms with Crippen LogP contribution in [0.1, 0.15) is 77.2 Å². The first-order chi connectivity index (χ1) is 26.5. The molecule has 1 aliphatic heterocycles. The number of hydrogen-bond acceptors (Lipinski definition) is 9. The highest BCUT2D eigenvalue weighted by Gasteiger charge is 2.65. The summed E-state index contributed by atoms with van der Waals surface area (Å²) in [4.78, 5) is 23.1. The molecular formula is C44H48N4O5S2. The Bertz CT molecular complexity index is 2230. The van der Waals surface area contributed by atoms with Crippen LogP contribution in [0, 0.1) is 58.2 Å². The number of carbonyl (C=O) groups is 1. The second kappa shape index (κ2) is 14.6. The molecule has 11 heteroatoms. The number of phenols is 1. The normalized spacial score (nSPS) is 31.3. The molecule has 5 aliphatic rings. The number of nitrogens with zero attached hydrogens (tertiary/aromatic N) is 1. The standard InChI is InChI=1S/C44H48N4O5S2/c1-4-6-26-9-12-36(54-26)37-13-14-38(55-37)41(53)32-16-18-43-17-15-31-28(30(35(52)22-49)21-44(31,32)23-43)8-5-7-27-25(20-39(43)48-42(45)46-3)19-34(51)29-10-11-33(24(2)50)47-40(27)29/h9-15,17,19,24,28,30-33,35,39,47,49-52H,8,16,18,20-23H2,1-3H3,(H3,45,46,48). The van der Waals surface area contributed by atoms with Gasteiger partial charge >= 0.3 is 0 Å². The number of rotatable bonds is 7. The highest BCUT2D eigenvalue weighted by atomic mass is 32.1. The lowest BCUT2D eigenvalue weighted by atomic mass is 9.47. The number of thiophene rings is 2. The van der Waals surface area contributed by atoms with Gasteiger partial charge in [0.15, 0.2) is 11.7 Å². The number of aromatic hydroxyl groups is 1. The summed E-state index contributed by atoms with van der Waals surface area (Å²) in [5.41, 5.74) is 8.40. The van der Waals surface area contributed by atoms with Crippen molar-refractivity contribution in [3.8, 4) is 39.2 Å². The molecule has 4 aliphatic carbocycles. The monoisotopic (exact) mass is 776 g/mol. The van der Waals surface area contributed by atoms with E-state index in [2.05, 4.69) is 57.5 Å². The third-order valence-corrected chi connectivity index (χ3v) is 15.4. The molecule has 0 amide bonds. The minimum Gasteiger partial charge on any atom is -0.507 e. The van der Waals surface area contributed by atoms with Gasteiger partial charge in [0, 0.05) is 46.2 Å². The summed E-state index contributed by atoms with van der Waals surface area (Å²) in [6.07, 6.45) is 10.2. The summed E-state index contributed by atoms with van der Waals surface area (Å²) in [5, 5.41) is 50.8. The summed E-state index contributed by atoms with van der Waals surface area (Å²) in [6.45, 7) is 3.18. The lowest BCUT2D eigenvalue weighted by Crippen LogP contribution is -2.58. The van der Waals surface area contributed by atoms with Gasteiger partial charge < -0.3 is 36.8 Å². The average Bonchev–Trinajstić information content (AvgIpc) is 3.93. The van der Waals surface area contributed by atoms with E-state index in [1.165, 1.54) is 11.3 Å². The van der Waals surface area contributed by atoms with Crippen molar-refractivity contribution < 1.29 is 25.2 Å². The Balaban J connectivity index is 1.25. The Labute approximate surface area is 330 Å². The van der Waals surface area contributed by atoms with E-state index >= 15 is 0 Å². The largest absolute Gasteiger partial charge is 0.507 e. The Morgan fingerprint density at radius 1 is 1.20 bits per heavy atom. The van der Waals surface area contributed by atoms with Gasteiger partial charge in [0.25, 0.3) is 0 Å². The van der Waals surface area contributed by atoms with E-state index in [9.17, 15) is 25.2 Å². The lowest BCUT2D eigenvalue weighted by Gasteiger charge is -2.57. The van der Waals surface area contributed by atoms with Crippen molar-refractivity contribution in [1.29, 1.82) is 0 Å². The van der Waals surface area contributed by atoms with Gasteiger partial charge in [-0.2, -0.15) is 0 Å². The molecule has 2 saturated carbocycles. The smallest absolute Gasteiger partial charge is 0.188 e. The van der Waals surface area contributed by atoms with Crippen molar-refractivity contribution in [2.45, 2.75) is 76.7 Å². The first kappa shape index (κ1) is 37.6. The zero-order valence-corrected chi connectivity index (χ0v) is 32.9. The van der Waals surface area contributed by atoms with Crippen LogP contribution in [-0.2, 0) is 6.42 Å². The number of hydrogen-bond donors (Lipinski definition) is 7. The van der Waals surface area contributed by atoms with E-state index in [0.717, 1.165) is 30.6 Å². The zero-order valence-electron chi connectivity index (χ0n) is 31.3. The number of phenolic OH excluding ortho intramolecular Hbond substituents is 1. The number of nitrogens with two attached hydrogens (primary N) is 1. The van der Waals surface area contributed by atoms with Gasteiger partial charge in [-0.05, 0) is 105 Å². The summed E-state index contributed by atoms with van der Waals surface area (Å²) >= 11 is 3.16. The summed E-state index contributed by atoms with van der Waals surface area (Å²) in [5.74, 6) is 12.9. The summed E-state index contributed by atoms with van der Waals surface area (Å²) in [7, 11) is 1.65. The van der Waals surface area contributed by atoms with Crippen LogP contribution in [0.4, 0.5) is 5.69 Å². The van der Waals surface area contributed by atoms with Gasteiger partial charge in [-0.25, -0.2) is 0 Å². The molecule has 9 nitrogen and oxygen atoms in total. The number of allylic oxidation sites excluding steroid dienone is 1. The van der Waals surface area contributed by atoms with Gasteiger partial charge in [-0.15, -0.1) is 28.6 Å². The van der Waals surface area contributed by atoms with Crippen LogP contribution in [0.2, 0.25) is 0 Å². The Morgan fingerprint density at radius 3 is 2.76 bits per heavy atom. The predicted octanol–water partition coefficient (Wildman–Crippen LogP) is 5.77. The maximum Gasteiger partial charge on any atom is 0.188 e. The molecule has 3 bridgehead atoms. The van der Waals surface area contributed by atoms with Crippen molar-refractivity contribution in [2.75, 3.05) is 19.0 Å². The molecule has 286 valence electrons. The minimum atomic E-state index is -0.961. The predicted molar refractivity (Wildman–Crippen MR) is 220 cm³/mol. The van der Waals surface area contributed by atoms with Crippen LogP contribution in [0.15, 0.2) is 53.6 Å². The van der Waals surface area contributed by atoms with Crippen LogP contribution in [0.3, 0.4) is 0 Å². The first-order valence-electron chi connectivity index (χ1n) is 19.2. The number of aliphatic imine (C=N–C) groups is 1. The number of fused-ring (bicyclic) bond motifs is 3. The van der Waals surface area contributed by atoms with Gasteiger partial charge in [-0.1, -0.05) is 42.1 Å². The Kier molecular flexibility index (Phi) is 9.98.